The molecule has 1 amide bonds. The summed E-state index contributed by atoms with van der Waals surface area (Å²) in [6.45, 7) is 6.94. The van der Waals surface area contributed by atoms with Crippen LogP contribution >= 0.6 is 0 Å². The molecule has 0 unspecified atom stereocenters. The molecule has 3 aliphatic rings. The Hall–Kier alpha value is -2.88. The molecule has 2 heterocycles. The highest BCUT2D eigenvalue weighted by atomic mass is 16.5. The van der Waals surface area contributed by atoms with Crippen molar-refractivity contribution in [3.8, 4) is 6.07 Å². The van der Waals surface area contributed by atoms with Gasteiger partial charge in [0, 0.05) is 57.9 Å². The molecule has 1 aliphatic carbocycles. The summed E-state index contributed by atoms with van der Waals surface area (Å²) in [5, 5.41) is 9.11. The summed E-state index contributed by atoms with van der Waals surface area (Å²) in [5.74, 6) is 1.11. The average Bonchev–Trinajstić information content (AvgIpc) is 3.70. The first kappa shape index (κ1) is 26.7. The van der Waals surface area contributed by atoms with Gasteiger partial charge in [-0.15, -0.1) is 0 Å². The van der Waals surface area contributed by atoms with Crippen molar-refractivity contribution in [2.45, 2.75) is 64.1 Å². The fourth-order valence-corrected chi connectivity index (χ4v) is 6.22. The predicted octanol–water partition coefficient (Wildman–Crippen LogP) is 5.53. The molecule has 1 saturated carbocycles. The lowest BCUT2D eigenvalue weighted by atomic mass is 10.0. The summed E-state index contributed by atoms with van der Waals surface area (Å²) in [4.78, 5) is 19.8. The Morgan fingerprint density at radius 3 is 2.39 bits per heavy atom. The van der Waals surface area contributed by atoms with Gasteiger partial charge >= 0.3 is 0 Å². The van der Waals surface area contributed by atoms with E-state index >= 15 is 0 Å². The molecule has 202 valence electrons. The van der Waals surface area contributed by atoms with Gasteiger partial charge in [0.1, 0.15) is 0 Å². The minimum Gasteiger partial charge on any atom is -0.372 e. The molecule has 6 nitrogen and oxygen atoms in total. The van der Waals surface area contributed by atoms with Crippen LogP contribution in [0.2, 0.25) is 0 Å². The van der Waals surface area contributed by atoms with E-state index in [9.17, 15) is 4.79 Å². The Morgan fingerprint density at radius 1 is 0.947 bits per heavy atom. The van der Waals surface area contributed by atoms with Crippen LogP contribution in [0.25, 0.3) is 0 Å². The van der Waals surface area contributed by atoms with Gasteiger partial charge in [-0.2, -0.15) is 5.26 Å². The van der Waals surface area contributed by atoms with Crippen molar-refractivity contribution in [2.24, 2.45) is 5.92 Å². The average molecular weight is 515 g/mol. The summed E-state index contributed by atoms with van der Waals surface area (Å²) >= 11 is 0. The Bertz CT molecular complexity index is 1080. The lowest BCUT2D eigenvalue weighted by molar-refractivity contribution is -0.133. The molecule has 0 aromatic heterocycles. The molecule has 2 aromatic carbocycles. The maximum atomic E-state index is 12.8. The molecular weight excluding hydrogens is 472 g/mol. The zero-order valence-electron chi connectivity index (χ0n) is 22.7. The van der Waals surface area contributed by atoms with Gasteiger partial charge < -0.3 is 14.5 Å². The minimum absolute atomic E-state index is 0.0576. The van der Waals surface area contributed by atoms with E-state index in [-0.39, 0.29) is 6.10 Å². The number of hydrogen-bond donors (Lipinski definition) is 0. The van der Waals surface area contributed by atoms with E-state index in [0.29, 0.717) is 24.5 Å². The Kier molecular flexibility index (Phi) is 9.33. The van der Waals surface area contributed by atoms with E-state index in [4.69, 9.17) is 10.00 Å². The van der Waals surface area contributed by atoms with E-state index in [0.717, 1.165) is 63.7 Å². The van der Waals surface area contributed by atoms with Crippen molar-refractivity contribution >= 4 is 11.6 Å². The quantitative estimate of drug-likeness (QED) is 0.417. The van der Waals surface area contributed by atoms with Crippen LogP contribution in [0.15, 0.2) is 48.5 Å². The van der Waals surface area contributed by atoms with Gasteiger partial charge in [0.25, 0.3) is 0 Å². The maximum Gasteiger partial charge on any atom is 0.222 e. The molecule has 38 heavy (non-hydrogen) atoms. The second kappa shape index (κ2) is 13.3. The third kappa shape index (κ3) is 7.15. The van der Waals surface area contributed by atoms with Crippen LogP contribution in [0, 0.1) is 17.2 Å². The van der Waals surface area contributed by atoms with Crippen LogP contribution in [0.4, 0.5) is 5.69 Å². The van der Waals surface area contributed by atoms with E-state index in [1.807, 2.05) is 24.3 Å². The lowest BCUT2D eigenvalue weighted by Crippen LogP contribution is -2.49. The van der Waals surface area contributed by atoms with Crippen LogP contribution < -0.4 is 4.90 Å². The molecule has 0 N–H and O–H groups in total. The maximum absolute atomic E-state index is 12.8. The molecule has 0 bridgehead atoms. The first-order valence-electron chi connectivity index (χ1n) is 14.6. The first-order valence-corrected chi connectivity index (χ1v) is 14.6. The first-order chi connectivity index (χ1) is 18.7. The number of hydrogen-bond acceptors (Lipinski definition) is 5. The van der Waals surface area contributed by atoms with Crippen LogP contribution in [0.5, 0.6) is 0 Å². The molecule has 0 spiro atoms. The number of anilines is 1. The Balaban J connectivity index is 1.20. The highest BCUT2D eigenvalue weighted by molar-refractivity contribution is 5.76. The number of benzene rings is 2. The van der Waals surface area contributed by atoms with Gasteiger partial charge in [-0.1, -0.05) is 49.9 Å². The molecule has 2 saturated heterocycles. The fraction of sp³-hybridized carbons (Fsp3) is 0.562. The van der Waals surface area contributed by atoms with E-state index in [2.05, 4.69) is 45.0 Å². The van der Waals surface area contributed by atoms with Crippen molar-refractivity contribution in [1.29, 1.82) is 5.26 Å². The zero-order valence-corrected chi connectivity index (χ0v) is 22.7. The molecular formula is C32H42N4O2. The third-order valence-corrected chi connectivity index (χ3v) is 8.64. The van der Waals surface area contributed by atoms with Crippen molar-refractivity contribution in [3.63, 3.8) is 0 Å². The van der Waals surface area contributed by atoms with E-state index in [1.165, 1.54) is 49.8 Å². The van der Waals surface area contributed by atoms with E-state index in [1.54, 1.807) is 0 Å². The van der Waals surface area contributed by atoms with Gasteiger partial charge in [0.05, 0.1) is 24.3 Å². The Morgan fingerprint density at radius 2 is 1.68 bits per heavy atom. The zero-order chi connectivity index (χ0) is 26.2. The highest BCUT2D eigenvalue weighted by Crippen LogP contribution is 2.30. The van der Waals surface area contributed by atoms with Gasteiger partial charge in [-0.3, -0.25) is 9.69 Å². The number of carbonyl (C=O) groups is 1. The number of rotatable bonds is 10. The number of nitriles is 1. The molecule has 2 aliphatic heterocycles. The lowest BCUT2D eigenvalue weighted by Gasteiger charge is -2.37. The Labute approximate surface area is 228 Å². The number of piperazine rings is 1. The predicted molar refractivity (Wildman–Crippen MR) is 151 cm³/mol. The van der Waals surface area contributed by atoms with Crippen molar-refractivity contribution in [1.82, 2.24) is 9.80 Å². The number of ether oxygens (including phenoxy) is 1. The fourth-order valence-electron chi connectivity index (χ4n) is 6.22. The van der Waals surface area contributed by atoms with E-state index < -0.39 is 0 Å². The molecule has 6 heteroatoms. The van der Waals surface area contributed by atoms with Gasteiger partial charge in [-0.25, -0.2) is 0 Å². The summed E-state index contributed by atoms with van der Waals surface area (Å²) < 4.78 is 6.55. The minimum atomic E-state index is -0.0576. The monoisotopic (exact) mass is 514 g/mol. The summed E-state index contributed by atoms with van der Waals surface area (Å²) in [6, 6.07) is 18.7. The largest absolute Gasteiger partial charge is 0.372 e. The van der Waals surface area contributed by atoms with Gasteiger partial charge in [0.15, 0.2) is 0 Å². The number of carbonyl (C=O) groups excluding carboxylic acids is 1. The molecule has 0 radical (unpaired) electrons. The summed E-state index contributed by atoms with van der Waals surface area (Å²) in [5.41, 5.74) is 4.23. The number of nitrogens with zero attached hydrogens (tertiary/aromatic N) is 4. The van der Waals surface area contributed by atoms with Gasteiger partial charge in [0.2, 0.25) is 5.91 Å². The van der Waals surface area contributed by atoms with Crippen molar-refractivity contribution in [3.05, 3.63) is 65.2 Å². The van der Waals surface area contributed by atoms with Crippen molar-refractivity contribution in [2.75, 3.05) is 50.7 Å². The highest BCUT2D eigenvalue weighted by Gasteiger charge is 2.26. The smallest absolute Gasteiger partial charge is 0.222 e. The normalized spacial score (nSPS) is 19.6. The molecule has 1 atom stereocenters. The second-order valence-corrected chi connectivity index (χ2v) is 11.3. The van der Waals surface area contributed by atoms with Crippen LogP contribution in [-0.2, 0) is 16.1 Å². The molecule has 5 rings (SSSR count). The SMILES string of the molecule is N#Cc1ccc(CO[C@@H](CN2CCN(C(=O)CCC3CCCC3)CC2)c2cccc(N3CCCC3)c2)cc1. The van der Waals surface area contributed by atoms with Crippen LogP contribution in [-0.4, -0.2) is 61.5 Å². The van der Waals surface area contributed by atoms with Crippen molar-refractivity contribution < 1.29 is 9.53 Å². The second-order valence-electron chi connectivity index (χ2n) is 11.3. The van der Waals surface area contributed by atoms with Crippen LogP contribution in [0.3, 0.4) is 0 Å². The summed E-state index contributed by atoms with van der Waals surface area (Å²) in [7, 11) is 0. The molecule has 3 fully saturated rings. The molecule has 2 aromatic rings. The standard InChI is InChI=1S/C32H42N4O2/c33-23-27-10-12-28(13-11-27)25-38-31(29-8-5-9-30(22-29)35-16-3-4-17-35)24-34-18-20-36(21-19-34)32(37)15-14-26-6-1-2-7-26/h5,8-13,22,26,31H,1-4,6-7,14-21,24-25H2/t31-/m0/s1. The van der Waals surface area contributed by atoms with Gasteiger partial charge in [-0.05, 0) is 60.6 Å². The summed E-state index contributed by atoms with van der Waals surface area (Å²) in [6.07, 6.45) is 9.53. The number of amides is 1. The van der Waals surface area contributed by atoms with Crippen LogP contribution in [0.1, 0.15) is 74.2 Å². The third-order valence-electron chi connectivity index (χ3n) is 8.64. The topological polar surface area (TPSA) is 59.8 Å².